The molecule has 1 heterocycles. The standard InChI is InChI=1S/C18H16N4O4S/c1-2-11-22-15-6-4-3-5-14(15)16(18(22)24)20-21-17(23)12-7-9-13(10-8-12)27(19,25)26/h2-10,24H,1,11H2,(H2,19,25,26). The van der Waals surface area contributed by atoms with Crippen LogP contribution in [-0.2, 0) is 16.6 Å². The minimum Gasteiger partial charge on any atom is -0.493 e. The van der Waals surface area contributed by atoms with Crippen molar-refractivity contribution < 1.29 is 18.3 Å². The molecule has 3 N–H and O–H groups in total. The minimum atomic E-state index is -3.84. The van der Waals surface area contributed by atoms with E-state index in [0.29, 0.717) is 11.9 Å². The van der Waals surface area contributed by atoms with Crippen LogP contribution in [0.15, 0.2) is 76.3 Å². The normalized spacial score (nSPS) is 11.9. The van der Waals surface area contributed by atoms with Crippen LogP contribution >= 0.6 is 0 Å². The molecule has 8 nitrogen and oxygen atoms in total. The van der Waals surface area contributed by atoms with Gasteiger partial charge in [-0.1, -0.05) is 24.3 Å². The number of para-hydroxylation sites is 1. The Morgan fingerprint density at radius 1 is 1.19 bits per heavy atom. The van der Waals surface area contributed by atoms with Crippen molar-refractivity contribution in [3.63, 3.8) is 0 Å². The van der Waals surface area contributed by atoms with Crippen molar-refractivity contribution in [2.45, 2.75) is 11.4 Å². The highest BCUT2D eigenvalue weighted by Crippen LogP contribution is 2.38. The number of hydrogen-bond donors (Lipinski definition) is 2. The molecule has 0 unspecified atom stereocenters. The Hall–Kier alpha value is -3.30. The molecule has 0 spiro atoms. The molecule has 0 saturated carbocycles. The molecule has 0 radical (unpaired) electrons. The first-order chi connectivity index (χ1) is 12.8. The van der Waals surface area contributed by atoms with E-state index in [1.807, 2.05) is 12.1 Å². The fourth-order valence-corrected chi connectivity index (χ4v) is 3.14. The van der Waals surface area contributed by atoms with Crippen LogP contribution in [-0.4, -0.2) is 24.0 Å². The lowest BCUT2D eigenvalue weighted by Gasteiger charge is -2.01. The molecule has 0 aliphatic heterocycles. The predicted octanol–water partition coefficient (Wildman–Crippen LogP) is 3.10. The van der Waals surface area contributed by atoms with Gasteiger partial charge in [-0.15, -0.1) is 16.8 Å². The van der Waals surface area contributed by atoms with Crippen molar-refractivity contribution in [2.24, 2.45) is 15.4 Å². The van der Waals surface area contributed by atoms with E-state index in [-0.39, 0.29) is 22.0 Å². The van der Waals surface area contributed by atoms with Gasteiger partial charge in [0.05, 0.1) is 10.4 Å². The second kappa shape index (κ2) is 7.14. The number of aromatic nitrogens is 1. The summed E-state index contributed by atoms with van der Waals surface area (Å²) in [4.78, 5) is 12.1. The molecule has 138 valence electrons. The lowest BCUT2D eigenvalue weighted by atomic mass is 10.2. The highest BCUT2D eigenvalue weighted by Gasteiger charge is 2.16. The van der Waals surface area contributed by atoms with Crippen molar-refractivity contribution in [3.8, 4) is 5.88 Å². The largest absolute Gasteiger partial charge is 0.493 e. The zero-order valence-corrected chi connectivity index (χ0v) is 14.9. The second-order valence-corrected chi connectivity index (χ2v) is 7.22. The first-order valence-corrected chi connectivity index (χ1v) is 9.37. The van der Waals surface area contributed by atoms with Gasteiger partial charge in [0, 0.05) is 17.5 Å². The van der Waals surface area contributed by atoms with Gasteiger partial charge < -0.3 is 9.67 Å². The molecular formula is C18H16N4O4S. The fourth-order valence-electron chi connectivity index (χ4n) is 2.62. The molecule has 3 aromatic rings. The summed E-state index contributed by atoms with van der Waals surface area (Å²) in [5.41, 5.74) is 1.04. The molecular weight excluding hydrogens is 368 g/mol. The third-order valence-corrected chi connectivity index (χ3v) is 4.83. The zero-order valence-electron chi connectivity index (χ0n) is 14.1. The van der Waals surface area contributed by atoms with Crippen LogP contribution in [0.4, 0.5) is 5.69 Å². The van der Waals surface area contributed by atoms with Gasteiger partial charge in [-0.25, -0.2) is 13.6 Å². The highest BCUT2D eigenvalue weighted by molar-refractivity contribution is 7.89. The van der Waals surface area contributed by atoms with E-state index < -0.39 is 15.9 Å². The summed E-state index contributed by atoms with van der Waals surface area (Å²) in [5.74, 6) is -0.812. The number of amides is 1. The van der Waals surface area contributed by atoms with Gasteiger partial charge in [0.1, 0.15) is 0 Å². The predicted molar refractivity (Wildman–Crippen MR) is 100 cm³/mol. The molecule has 9 heteroatoms. The number of carbonyl (C=O) groups excluding carboxylic acids is 1. The quantitative estimate of drug-likeness (QED) is 0.517. The number of benzene rings is 2. The molecule has 3 rings (SSSR count). The Morgan fingerprint density at radius 2 is 1.85 bits per heavy atom. The number of allylic oxidation sites excluding steroid dienone is 1. The van der Waals surface area contributed by atoms with Crippen LogP contribution in [0.25, 0.3) is 10.9 Å². The fraction of sp³-hybridized carbons (Fsp3) is 0.0556. The molecule has 0 aliphatic carbocycles. The number of azo groups is 1. The third kappa shape index (κ3) is 3.64. The number of carbonyl (C=O) groups is 1. The van der Waals surface area contributed by atoms with Crippen molar-refractivity contribution in [1.82, 2.24) is 4.57 Å². The number of aromatic hydroxyl groups is 1. The van der Waals surface area contributed by atoms with Crippen LogP contribution in [0, 0.1) is 0 Å². The van der Waals surface area contributed by atoms with Gasteiger partial charge in [-0.3, -0.25) is 4.79 Å². The molecule has 2 aromatic carbocycles. The maximum atomic E-state index is 12.2. The van der Waals surface area contributed by atoms with E-state index >= 15 is 0 Å². The Balaban J connectivity index is 1.95. The second-order valence-electron chi connectivity index (χ2n) is 5.66. The Bertz CT molecular complexity index is 1160. The number of rotatable bonds is 5. The van der Waals surface area contributed by atoms with Gasteiger partial charge >= 0.3 is 0 Å². The molecule has 27 heavy (non-hydrogen) atoms. The Morgan fingerprint density at radius 3 is 2.48 bits per heavy atom. The van der Waals surface area contributed by atoms with Crippen LogP contribution in [0.1, 0.15) is 10.4 Å². The van der Waals surface area contributed by atoms with Gasteiger partial charge in [0.2, 0.25) is 15.9 Å². The smallest absolute Gasteiger partial charge is 0.295 e. The number of nitrogens with two attached hydrogens (primary N) is 1. The maximum absolute atomic E-state index is 12.2. The number of nitrogens with zero attached hydrogens (tertiary/aromatic N) is 3. The van der Waals surface area contributed by atoms with Crippen LogP contribution in [0.3, 0.4) is 0 Å². The van der Waals surface area contributed by atoms with E-state index in [0.717, 1.165) is 5.52 Å². The lowest BCUT2D eigenvalue weighted by Crippen LogP contribution is -2.12. The van der Waals surface area contributed by atoms with E-state index in [2.05, 4.69) is 16.8 Å². The van der Waals surface area contributed by atoms with Crippen LogP contribution in [0.5, 0.6) is 5.88 Å². The van der Waals surface area contributed by atoms with E-state index in [4.69, 9.17) is 5.14 Å². The van der Waals surface area contributed by atoms with Crippen molar-refractivity contribution >= 4 is 32.5 Å². The van der Waals surface area contributed by atoms with E-state index in [1.165, 1.54) is 24.3 Å². The average molecular weight is 384 g/mol. The summed E-state index contributed by atoms with van der Waals surface area (Å²) in [6, 6.07) is 12.2. The van der Waals surface area contributed by atoms with Crippen LogP contribution in [0.2, 0.25) is 0 Å². The summed E-state index contributed by atoms with van der Waals surface area (Å²) in [7, 11) is -3.84. The average Bonchev–Trinajstić information content (AvgIpc) is 2.91. The summed E-state index contributed by atoms with van der Waals surface area (Å²) in [6.45, 7) is 4.03. The van der Waals surface area contributed by atoms with E-state index in [1.54, 1.807) is 22.8 Å². The number of sulfonamides is 1. The van der Waals surface area contributed by atoms with Gasteiger partial charge in [-0.05, 0) is 30.3 Å². The first-order valence-electron chi connectivity index (χ1n) is 7.83. The molecule has 0 bridgehead atoms. The highest BCUT2D eigenvalue weighted by atomic mass is 32.2. The topological polar surface area (TPSA) is 127 Å². The van der Waals surface area contributed by atoms with Gasteiger partial charge in [-0.2, -0.15) is 0 Å². The van der Waals surface area contributed by atoms with E-state index in [9.17, 15) is 18.3 Å². The Labute approximate surface area is 155 Å². The summed E-state index contributed by atoms with van der Waals surface area (Å²) >= 11 is 0. The molecule has 0 aliphatic rings. The lowest BCUT2D eigenvalue weighted by molar-refractivity contribution is 0.0995. The minimum absolute atomic E-state index is 0.110. The first kappa shape index (κ1) is 18.5. The van der Waals surface area contributed by atoms with Gasteiger partial charge in [0.25, 0.3) is 5.91 Å². The van der Waals surface area contributed by atoms with Crippen molar-refractivity contribution in [2.75, 3.05) is 0 Å². The summed E-state index contributed by atoms with van der Waals surface area (Å²) < 4.78 is 24.1. The van der Waals surface area contributed by atoms with Crippen molar-refractivity contribution in [3.05, 3.63) is 66.7 Å². The summed E-state index contributed by atoms with van der Waals surface area (Å²) in [6.07, 6.45) is 1.63. The number of hydrogen-bond acceptors (Lipinski definition) is 5. The Kier molecular flexibility index (Phi) is 4.89. The third-order valence-electron chi connectivity index (χ3n) is 3.90. The maximum Gasteiger partial charge on any atom is 0.295 e. The molecule has 1 amide bonds. The number of fused-ring (bicyclic) bond motifs is 1. The number of primary sulfonamides is 1. The SMILES string of the molecule is C=CCn1c(O)c(N=NC(=O)c2ccc(S(N)(=O)=O)cc2)c2ccccc21. The molecule has 0 saturated heterocycles. The van der Waals surface area contributed by atoms with Crippen LogP contribution < -0.4 is 5.14 Å². The molecule has 0 fully saturated rings. The van der Waals surface area contributed by atoms with Crippen molar-refractivity contribution in [1.29, 1.82) is 0 Å². The molecule has 1 aromatic heterocycles. The zero-order chi connectivity index (χ0) is 19.6. The monoisotopic (exact) mass is 384 g/mol. The van der Waals surface area contributed by atoms with Gasteiger partial charge in [0.15, 0.2) is 5.69 Å². The molecule has 0 atom stereocenters. The summed E-state index contributed by atoms with van der Waals surface area (Å²) in [5, 5.41) is 23.6.